The molecule has 17 atom stereocenters. The fourth-order valence-electron chi connectivity index (χ4n) is 7.91. The van der Waals surface area contributed by atoms with E-state index in [1.807, 2.05) is 5.32 Å². The van der Waals surface area contributed by atoms with Crippen LogP contribution in [0.3, 0.4) is 0 Å². The third-order valence-electron chi connectivity index (χ3n) is 11.9. The lowest BCUT2D eigenvalue weighted by Crippen LogP contribution is -2.60. The fourth-order valence-corrected chi connectivity index (χ4v) is 7.91. The van der Waals surface area contributed by atoms with Crippen LogP contribution in [0.2, 0.25) is 0 Å². The van der Waals surface area contributed by atoms with Gasteiger partial charge in [0.15, 0.2) is 12.1 Å². The van der Waals surface area contributed by atoms with E-state index in [-0.39, 0.29) is 38.2 Å². The Morgan fingerprint density at radius 3 is 1.93 bits per heavy atom. The van der Waals surface area contributed by atoms with Crippen molar-refractivity contribution in [3.8, 4) is 0 Å². The minimum Gasteiger partial charge on any atom is -0.462 e. The predicted octanol–water partition coefficient (Wildman–Crippen LogP) is -0.771. The van der Waals surface area contributed by atoms with Crippen LogP contribution < -0.4 is 16.8 Å². The van der Waals surface area contributed by atoms with Gasteiger partial charge in [0.2, 0.25) is 5.91 Å². The van der Waals surface area contributed by atoms with E-state index in [2.05, 4.69) is 0 Å². The Balaban J connectivity index is 1.93. The van der Waals surface area contributed by atoms with Crippen LogP contribution in [0.1, 0.15) is 71.6 Å². The van der Waals surface area contributed by atoms with Gasteiger partial charge < -0.3 is 86.8 Å². The van der Waals surface area contributed by atoms with Crippen LogP contribution in [0.4, 0.5) is 8.78 Å². The average molecular weight is 1000 g/mol. The number of nitrogens with two attached hydrogens (primary N) is 2. The van der Waals surface area contributed by atoms with Crippen molar-refractivity contribution < 1.29 is 93.2 Å². The van der Waals surface area contributed by atoms with Crippen molar-refractivity contribution >= 4 is 17.8 Å². The molecule has 0 saturated carbocycles. The molecule has 15 N–H and O–H groups in total. The van der Waals surface area contributed by atoms with Crippen molar-refractivity contribution in [3.63, 3.8) is 0 Å². The van der Waals surface area contributed by atoms with E-state index in [9.17, 15) is 74.2 Å². The van der Waals surface area contributed by atoms with E-state index in [0.717, 1.165) is 0 Å². The number of nitrogens with one attached hydrogen (secondary N) is 1. The summed E-state index contributed by atoms with van der Waals surface area (Å²) in [4.78, 5) is 37.4. The molecule has 3 heterocycles. The standard InChI is InChI=1S/C48H73F2N3O17/c1-28-15-13-11-9-7-5-3-4-6-8-10-12-14-16-33(69-45-43(63)42(51)38(61)26-67-45)23-39-41(44(64)53-27-48(49,50)46(52)65)37(60)25-47(66,70-39)24-32(56)21-36(59)34(57)18-17-30(54)20-31(55)22-40(62)68-29(2)19-35(28)58/h3-16,28-39,41-43,45,54-61,63,66H,17-27,51H2,1-2H3,(H2,52,65)(H,53,64)/b4-3+,7-5+,8-6+,11-9+,12-10+,15-13+,16-14+/t28-,29-,30?,31?,32-,33?,34?,35-,36?,37-,38+,39-,41?,42-,43-,45-,47?/m0/s1. The van der Waals surface area contributed by atoms with Gasteiger partial charge in [-0.1, -0.05) is 92.0 Å². The summed E-state index contributed by atoms with van der Waals surface area (Å²) in [6.07, 6.45) is 1.93. The van der Waals surface area contributed by atoms with E-state index in [1.54, 1.807) is 86.8 Å². The van der Waals surface area contributed by atoms with Crippen molar-refractivity contribution in [2.75, 3.05) is 13.2 Å². The Morgan fingerprint density at radius 2 is 1.33 bits per heavy atom. The van der Waals surface area contributed by atoms with Gasteiger partial charge in [-0.15, -0.1) is 0 Å². The first-order valence-corrected chi connectivity index (χ1v) is 23.3. The summed E-state index contributed by atoms with van der Waals surface area (Å²) in [6.45, 7) is 1.50. The molecular weight excluding hydrogens is 929 g/mol. The maximum atomic E-state index is 14.2. The monoisotopic (exact) mass is 1000 g/mol. The molecule has 0 aromatic heterocycles. The second-order valence-electron chi connectivity index (χ2n) is 18.1. The summed E-state index contributed by atoms with van der Waals surface area (Å²) in [6, 6.07) is -1.21. The highest BCUT2D eigenvalue weighted by Crippen LogP contribution is 2.38. The number of halogens is 2. The maximum Gasteiger partial charge on any atom is 0.341 e. The van der Waals surface area contributed by atoms with E-state index in [0.29, 0.717) is 0 Å². The average Bonchev–Trinajstić information content (AvgIpc) is 3.26. The van der Waals surface area contributed by atoms with Crippen molar-refractivity contribution in [2.45, 2.75) is 169 Å². The number of cyclic esters (lactones) is 1. The molecule has 2 amide bonds. The van der Waals surface area contributed by atoms with E-state index >= 15 is 0 Å². The Hall–Kier alpha value is -4.11. The lowest BCUT2D eigenvalue weighted by molar-refractivity contribution is -0.304. The number of esters is 1. The van der Waals surface area contributed by atoms with Crippen LogP contribution in [0, 0.1) is 11.8 Å². The number of carbonyl (C=O) groups excluding carboxylic acids is 3. The SMILES string of the molecule is C[C@H]1C[C@H](O)[C@@H](C)/C=C/C=C/C=C/C=C/C=C/C=C/C=C/C(O[C@@H]2OC[C@@H](O)[C@H](N)[C@@H]2O)C[C@@H]2OC(O)(C[C@@H](O)CC(O)C(O)CCC(O)CC(O)CC(=O)O1)C[C@H](O)C2C(=O)NCC(F)(F)C(N)=O. The molecule has 2 bridgehead atoms. The van der Waals surface area contributed by atoms with Crippen LogP contribution >= 0.6 is 0 Å². The Labute approximate surface area is 405 Å². The van der Waals surface area contributed by atoms with Crippen molar-refractivity contribution in [1.82, 2.24) is 5.32 Å². The Morgan fingerprint density at radius 1 is 0.743 bits per heavy atom. The number of aliphatic hydroxyl groups excluding tert-OH is 9. The molecule has 7 unspecified atom stereocenters. The van der Waals surface area contributed by atoms with Crippen molar-refractivity contribution in [2.24, 2.45) is 23.3 Å². The molecule has 0 spiro atoms. The third-order valence-corrected chi connectivity index (χ3v) is 11.9. The second kappa shape index (κ2) is 29.4. The molecule has 3 aliphatic heterocycles. The summed E-state index contributed by atoms with van der Waals surface area (Å²) >= 11 is 0. The van der Waals surface area contributed by atoms with E-state index in [1.165, 1.54) is 12.2 Å². The summed E-state index contributed by atoms with van der Waals surface area (Å²) in [5, 5.41) is 110. The van der Waals surface area contributed by atoms with Gasteiger partial charge in [-0.05, 0) is 26.2 Å². The van der Waals surface area contributed by atoms with Crippen LogP contribution in [0.25, 0.3) is 0 Å². The minimum absolute atomic E-state index is 0.122. The molecular formula is C48H73F2N3O17. The number of alkyl halides is 2. The zero-order valence-corrected chi connectivity index (χ0v) is 39.3. The number of ether oxygens (including phenoxy) is 4. The molecule has 70 heavy (non-hydrogen) atoms. The number of carbonyl (C=O) groups is 3. The summed E-state index contributed by atoms with van der Waals surface area (Å²) in [5.41, 5.74) is 10.7. The van der Waals surface area contributed by atoms with E-state index in [4.69, 9.17) is 30.4 Å². The van der Waals surface area contributed by atoms with Crippen LogP contribution in [0.15, 0.2) is 85.1 Å². The number of amides is 2. The van der Waals surface area contributed by atoms with Gasteiger partial charge in [0.05, 0.1) is 92.6 Å². The summed E-state index contributed by atoms with van der Waals surface area (Å²) < 4.78 is 51.3. The molecule has 22 heteroatoms. The molecule has 3 aliphatic rings. The Bertz CT molecular complexity index is 1850. The van der Waals surface area contributed by atoms with Gasteiger partial charge in [0.1, 0.15) is 12.2 Å². The molecule has 0 aromatic rings. The maximum absolute atomic E-state index is 14.2. The highest BCUT2D eigenvalue weighted by atomic mass is 19.3. The minimum atomic E-state index is -4.19. The molecule has 2 saturated heterocycles. The first-order chi connectivity index (χ1) is 32.9. The van der Waals surface area contributed by atoms with Crippen LogP contribution in [-0.4, -0.2) is 179 Å². The molecule has 0 radical (unpaired) electrons. The molecule has 0 aliphatic carbocycles. The van der Waals surface area contributed by atoms with Gasteiger partial charge in [-0.2, -0.15) is 8.78 Å². The summed E-state index contributed by atoms with van der Waals surface area (Å²) in [7, 11) is 0. The number of rotatable bonds is 6. The predicted molar refractivity (Wildman–Crippen MR) is 247 cm³/mol. The fraction of sp³-hybridized carbons (Fsp3) is 0.646. The summed E-state index contributed by atoms with van der Waals surface area (Å²) in [5.74, 6) is -12.8. The lowest BCUT2D eigenvalue weighted by atomic mass is 9.82. The second-order valence-corrected chi connectivity index (χ2v) is 18.1. The van der Waals surface area contributed by atoms with Crippen molar-refractivity contribution in [1.29, 1.82) is 0 Å². The van der Waals surface area contributed by atoms with E-state index < -0.39 is 160 Å². The third kappa shape index (κ3) is 20.9. The topological polar surface area (TPSA) is 354 Å². The van der Waals surface area contributed by atoms with Gasteiger partial charge in [0.25, 0.3) is 5.91 Å². The molecule has 20 nitrogen and oxygen atoms in total. The van der Waals surface area contributed by atoms with Crippen molar-refractivity contribution in [3.05, 3.63) is 85.1 Å². The number of primary amides is 1. The molecule has 396 valence electrons. The largest absolute Gasteiger partial charge is 0.462 e. The first kappa shape index (κ1) is 60.2. The number of hydrogen-bond acceptors (Lipinski definition) is 18. The highest BCUT2D eigenvalue weighted by molar-refractivity contribution is 5.84. The smallest absolute Gasteiger partial charge is 0.341 e. The number of hydrogen-bond donors (Lipinski definition) is 13. The highest BCUT2D eigenvalue weighted by Gasteiger charge is 2.51. The van der Waals surface area contributed by atoms with Gasteiger partial charge in [0, 0.05) is 38.0 Å². The number of fused-ring (bicyclic) bond motifs is 2. The Kier molecular flexibility index (Phi) is 25.3. The first-order valence-electron chi connectivity index (χ1n) is 23.3. The zero-order chi connectivity index (χ0) is 52.2. The number of allylic oxidation sites excluding steroid dienone is 12. The zero-order valence-electron chi connectivity index (χ0n) is 39.3. The van der Waals surface area contributed by atoms with Gasteiger partial charge >= 0.3 is 11.9 Å². The van der Waals surface area contributed by atoms with Crippen LogP contribution in [0.5, 0.6) is 0 Å². The van der Waals surface area contributed by atoms with Crippen LogP contribution in [-0.2, 0) is 33.3 Å². The van der Waals surface area contributed by atoms with Gasteiger partial charge in [-0.3, -0.25) is 14.4 Å². The quantitative estimate of drug-likeness (QED) is 0.145. The molecule has 0 aromatic carbocycles. The normalized spacial score (nSPS) is 41.1. The lowest BCUT2D eigenvalue weighted by Gasteiger charge is -2.45. The molecule has 3 rings (SSSR count). The van der Waals surface area contributed by atoms with Gasteiger partial charge in [-0.25, -0.2) is 0 Å². The number of aliphatic hydroxyl groups is 10. The molecule has 2 fully saturated rings.